The van der Waals surface area contributed by atoms with Gasteiger partial charge < -0.3 is 10.1 Å². The average molecular weight is 371 g/mol. The van der Waals surface area contributed by atoms with Gasteiger partial charge in [-0.1, -0.05) is 42.5 Å². The van der Waals surface area contributed by atoms with Crippen LogP contribution < -0.4 is 15.6 Å². The van der Waals surface area contributed by atoms with Gasteiger partial charge in [0, 0.05) is 11.9 Å². The third-order valence-corrected chi connectivity index (χ3v) is 4.29. The Morgan fingerprint density at radius 1 is 0.964 bits per heavy atom. The number of hydrogen-bond donors (Lipinski definition) is 1. The summed E-state index contributed by atoms with van der Waals surface area (Å²) in [5.41, 5.74) is 1.86. The molecule has 0 fully saturated rings. The van der Waals surface area contributed by atoms with E-state index in [1.165, 1.54) is 4.40 Å². The van der Waals surface area contributed by atoms with Crippen LogP contribution >= 0.6 is 0 Å². The highest BCUT2D eigenvalue weighted by Gasteiger charge is 2.20. The first kappa shape index (κ1) is 17.5. The summed E-state index contributed by atoms with van der Waals surface area (Å²) in [5.74, 6) is -0.575. The quantitative estimate of drug-likeness (QED) is 0.550. The summed E-state index contributed by atoms with van der Waals surface area (Å²) in [6.07, 6.45) is 1.59. The molecule has 0 aliphatic heterocycles. The molecular formula is C22H17N3O3. The van der Waals surface area contributed by atoms with Crippen LogP contribution in [0.2, 0.25) is 0 Å². The summed E-state index contributed by atoms with van der Waals surface area (Å²) >= 11 is 0. The Morgan fingerprint density at radius 2 is 1.68 bits per heavy atom. The van der Waals surface area contributed by atoms with E-state index in [0.717, 1.165) is 11.3 Å². The molecular weight excluding hydrogens is 354 g/mol. The van der Waals surface area contributed by atoms with Gasteiger partial charge in [0.1, 0.15) is 5.65 Å². The maximum Gasteiger partial charge on any atom is 0.344 e. The first-order chi connectivity index (χ1) is 13.6. The lowest BCUT2D eigenvalue weighted by Gasteiger charge is -2.13. The molecule has 0 spiro atoms. The molecule has 0 atom stereocenters. The number of aromatic nitrogens is 2. The molecule has 0 radical (unpaired) electrons. The Balaban J connectivity index is 1.82. The molecule has 0 saturated carbocycles. The number of pyridine rings is 1. The monoisotopic (exact) mass is 371 g/mol. The van der Waals surface area contributed by atoms with E-state index in [-0.39, 0.29) is 11.6 Å². The highest BCUT2D eigenvalue weighted by Crippen LogP contribution is 2.24. The van der Waals surface area contributed by atoms with Crippen molar-refractivity contribution in [3.8, 4) is 5.75 Å². The third-order valence-electron chi connectivity index (χ3n) is 4.29. The van der Waals surface area contributed by atoms with Crippen molar-refractivity contribution >= 4 is 23.1 Å². The second-order valence-electron chi connectivity index (χ2n) is 6.22. The lowest BCUT2D eigenvalue weighted by atomic mass is 10.1. The Bertz CT molecular complexity index is 1220. The molecule has 6 heteroatoms. The summed E-state index contributed by atoms with van der Waals surface area (Å²) in [6.45, 7) is 1.81. The van der Waals surface area contributed by atoms with Gasteiger partial charge in [0.25, 0.3) is 0 Å². The van der Waals surface area contributed by atoms with Crippen molar-refractivity contribution in [2.75, 3.05) is 5.32 Å². The topological polar surface area (TPSA) is 72.7 Å². The number of esters is 1. The van der Waals surface area contributed by atoms with Gasteiger partial charge in [-0.3, -0.25) is 9.20 Å². The van der Waals surface area contributed by atoms with Crippen molar-refractivity contribution in [2.45, 2.75) is 6.92 Å². The summed E-state index contributed by atoms with van der Waals surface area (Å²) in [6, 6.07) is 21.5. The highest BCUT2D eigenvalue weighted by molar-refractivity contribution is 5.93. The van der Waals surface area contributed by atoms with Crippen molar-refractivity contribution in [1.82, 2.24) is 9.38 Å². The number of nitrogens with one attached hydrogen (secondary N) is 1. The van der Waals surface area contributed by atoms with E-state index in [1.54, 1.807) is 36.5 Å². The zero-order valence-corrected chi connectivity index (χ0v) is 15.1. The fourth-order valence-corrected chi connectivity index (χ4v) is 2.86. The number of anilines is 2. The molecule has 2 aromatic carbocycles. The summed E-state index contributed by atoms with van der Waals surface area (Å²) in [4.78, 5) is 30.2. The molecule has 2 aromatic heterocycles. The molecule has 0 aliphatic rings. The van der Waals surface area contributed by atoms with E-state index in [1.807, 2.05) is 49.4 Å². The van der Waals surface area contributed by atoms with Crippen LogP contribution in [0.3, 0.4) is 0 Å². The minimum atomic E-state index is -0.607. The smallest absolute Gasteiger partial charge is 0.344 e. The summed E-state index contributed by atoms with van der Waals surface area (Å²) < 4.78 is 6.87. The second kappa shape index (κ2) is 7.36. The summed E-state index contributed by atoms with van der Waals surface area (Å²) in [5, 5.41) is 3.08. The minimum Gasteiger partial charge on any atom is -0.413 e. The summed E-state index contributed by atoms with van der Waals surface area (Å²) in [7, 11) is 0. The largest absolute Gasteiger partial charge is 0.413 e. The number of carbonyl (C=O) groups is 1. The molecule has 0 bridgehead atoms. The van der Waals surface area contributed by atoms with Crippen molar-refractivity contribution in [3.63, 3.8) is 0 Å². The number of benzene rings is 2. The maximum absolute atomic E-state index is 13.0. The van der Waals surface area contributed by atoms with Crippen LogP contribution in [0, 0.1) is 6.92 Å². The second-order valence-corrected chi connectivity index (χ2v) is 6.22. The molecule has 0 unspecified atom stereocenters. The van der Waals surface area contributed by atoms with Crippen LogP contribution in [0.1, 0.15) is 15.9 Å². The number of fused-ring (bicyclic) bond motifs is 1. The number of hydrogen-bond acceptors (Lipinski definition) is 5. The van der Waals surface area contributed by atoms with Crippen molar-refractivity contribution in [1.29, 1.82) is 0 Å². The van der Waals surface area contributed by atoms with Crippen LogP contribution in [0.25, 0.3) is 5.65 Å². The molecule has 0 amide bonds. The van der Waals surface area contributed by atoms with Gasteiger partial charge in [-0.05, 0) is 42.8 Å². The maximum atomic E-state index is 13.0. The van der Waals surface area contributed by atoms with E-state index in [4.69, 9.17) is 4.74 Å². The molecule has 28 heavy (non-hydrogen) atoms. The zero-order chi connectivity index (χ0) is 19.5. The Kier molecular flexibility index (Phi) is 4.60. The Hall–Kier alpha value is -3.93. The van der Waals surface area contributed by atoms with E-state index >= 15 is 0 Å². The van der Waals surface area contributed by atoms with Gasteiger partial charge >= 0.3 is 11.5 Å². The molecule has 4 aromatic rings. The minimum absolute atomic E-state index is 0.152. The number of carbonyl (C=O) groups excluding carboxylic acids is 1. The first-order valence-corrected chi connectivity index (χ1v) is 8.75. The highest BCUT2D eigenvalue weighted by atomic mass is 16.5. The molecule has 2 heterocycles. The van der Waals surface area contributed by atoms with Gasteiger partial charge in [0.2, 0.25) is 5.75 Å². The van der Waals surface area contributed by atoms with Gasteiger partial charge in [0.15, 0.2) is 5.82 Å². The molecule has 4 rings (SSSR count). The van der Waals surface area contributed by atoms with Crippen LogP contribution in [0.4, 0.5) is 11.5 Å². The van der Waals surface area contributed by atoms with Crippen molar-refractivity contribution in [2.24, 2.45) is 0 Å². The normalized spacial score (nSPS) is 10.6. The molecule has 138 valence electrons. The SMILES string of the molecule is Cc1ccccc1C(=O)Oc1c(Nc2ccccc2)nc2ccccn2c1=O. The predicted molar refractivity (Wildman–Crippen MR) is 107 cm³/mol. The van der Waals surface area contributed by atoms with E-state index in [0.29, 0.717) is 11.2 Å². The lowest BCUT2D eigenvalue weighted by Crippen LogP contribution is -2.23. The number of aryl methyl sites for hydroxylation is 1. The fraction of sp³-hybridized carbons (Fsp3) is 0.0455. The molecule has 1 N–H and O–H groups in total. The number of para-hydroxylation sites is 1. The van der Waals surface area contributed by atoms with Crippen LogP contribution in [0.5, 0.6) is 5.75 Å². The van der Waals surface area contributed by atoms with Crippen LogP contribution in [-0.4, -0.2) is 15.4 Å². The van der Waals surface area contributed by atoms with Gasteiger partial charge in [-0.25, -0.2) is 9.78 Å². The van der Waals surface area contributed by atoms with Gasteiger partial charge in [0.05, 0.1) is 5.56 Å². The van der Waals surface area contributed by atoms with Gasteiger partial charge in [-0.2, -0.15) is 0 Å². The van der Waals surface area contributed by atoms with E-state index < -0.39 is 11.5 Å². The average Bonchev–Trinajstić information content (AvgIpc) is 2.72. The van der Waals surface area contributed by atoms with Crippen LogP contribution in [0.15, 0.2) is 83.8 Å². The third kappa shape index (κ3) is 3.35. The zero-order valence-electron chi connectivity index (χ0n) is 15.1. The van der Waals surface area contributed by atoms with Crippen LogP contribution in [-0.2, 0) is 0 Å². The first-order valence-electron chi connectivity index (χ1n) is 8.75. The lowest BCUT2D eigenvalue weighted by molar-refractivity contribution is 0.0732. The predicted octanol–water partition coefficient (Wildman–Crippen LogP) is 3.97. The van der Waals surface area contributed by atoms with Crippen molar-refractivity contribution < 1.29 is 9.53 Å². The standard InChI is InChI=1S/C22H17N3O3/c1-15-9-5-6-12-17(15)22(27)28-19-20(23-16-10-3-2-4-11-16)24-18-13-7-8-14-25(18)21(19)26/h2-14,23H,1H3. The van der Waals surface area contributed by atoms with E-state index in [2.05, 4.69) is 10.3 Å². The Labute approximate surface area is 161 Å². The number of nitrogens with zero attached hydrogens (tertiary/aromatic N) is 2. The molecule has 6 nitrogen and oxygen atoms in total. The Morgan fingerprint density at radius 3 is 2.46 bits per heavy atom. The van der Waals surface area contributed by atoms with E-state index in [9.17, 15) is 9.59 Å². The van der Waals surface area contributed by atoms with Crippen molar-refractivity contribution in [3.05, 3.63) is 100 Å². The fourth-order valence-electron chi connectivity index (χ4n) is 2.86. The van der Waals surface area contributed by atoms with Gasteiger partial charge in [-0.15, -0.1) is 0 Å². The number of rotatable bonds is 4. The molecule has 0 aliphatic carbocycles. The molecule has 0 saturated heterocycles. The number of ether oxygens (including phenoxy) is 1.